The van der Waals surface area contributed by atoms with Gasteiger partial charge in [-0.3, -0.25) is 4.68 Å². The first kappa shape index (κ1) is 11.2. The summed E-state index contributed by atoms with van der Waals surface area (Å²) in [5.74, 6) is 2.19. The molecule has 0 aliphatic rings. The molecule has 80 valence electrons. The average Bonchev–Trinajstić information content (AvgIpc) is 2.46. The van der Waals surface area contributed by atoms with Crippen LogP contribution in [0.3, 0.4) is 0 Å². The Hall–Kier alpha value is -0.900. The Balaban J connectivity index is 2.86. The van der Waals surface area contributed by atoms with Gasteiger partial charge in [-0.2, -0.15) is 5.10 Å². The summed E-state index contributed by atoms with van der Waals surface area (Å²) >= 11 is 0. The highest BCUT2D eigenvalue weighted by Crippen LogP contribution is 2.16. The molecule has 4 heteroatoms. The highest BCUT2D eigenvalue weighted by molar-refractivity contribution is 4.99. The summed E-state index contributed by atoms with van der Waals surface area (Å²) in [5.41, 5.74) is 6.02. The van der Waals surface area contributed by atoms with Crippen molar-refractivity contribution in [2.75, 3.05) is 0 Å². The van der Waals surface area contributed by atoms with Crippen LogP contribution in [0, 0.1) is 5.92 Å². The number of nitrogens with two attached hydrogens (primary N) is 1. The lowest BCUT2D eigenvalue weighted by molar-refractivity contribution is 0.469. The van der Waals surface area contributed by atoms with Crippen LogP contribution >= 0.6 is 0 Å². The summed E-state index contributed by atoms with van der Waals surface area (Å²) in [4.78, 5) is 4.45. The molecule has 1 aromatic heterocycles. The molecule has 1 rings (SSSR count). The van der Waals surface area contributed by atoms with Gasteiger partial charge in [0.15, 0.2) is 5.82 Å². The number of rotatable bonds is 4. The molecule has 0 spiro atoms. The second-order valence-electron chi connectivity index (χ2n) is 4.03. The highest BCUT2D eigenvalue weighted by Gasteiger charge is 2.17. The molecule has 1 atom stereocenters. The van der Waals surface area contributed by atoms with E-state index in [1.807, 2.05) is 7.05 Å². The van der Waals surface area contributed by atoms with Crippen LogP contribution in [-0.2, 0) is 13.5 Å². The molecule has 14 heavy (non-hydrogen) atoms. The van der Waals surface area contributed by atoms with E-state index in [-0.39, 0.29) is 6.04 Å². The zero-order chi connectivity index (χ0) is 10.7. The SMILES string of the molecule is CCCc1nc(C(N)C(C)C)n(C)n1. The van der Waals surface area contributed by atoms with E-state index in [0.717, 1.165) is 24.5 Å². The lowest BCUT2D eigenvalue weighted by Gasteiger charge is -2.13. The molecular formula is C10H20N4. The van der Waals surface area contributed by atoms with Crippen molar-refractivity contribution in [1.82, 2.24) is 14.8 Å². The zero-order valence-corrected chi connectivity index (χ0v) is 9.49. The Morgan fingerprint density at radius 2 is 2.07 bits per heavy atom. The maximum absolute atomic E-state index is 6.02. The molecule has 0 aliphatic carbocycles. The van der Waals surface area contributed by atoms with Crippen molar-refractivity contribution in [3.63, 3.8) is 0 Å². The molecule has 4 nitrogen and oxygen atoms in total. The van der Waals surface area contributed by atoms with Crippen molar-refractivity contribution < 1.29 is 0 Å². The molecule has 0 aromatic carbocycles. The molecule has 0 amide bonds. The minimum Gasteiger partial charge on any atom is -0.321 e. The molecule has 0 saturated carbocycles. The normalized spacial score (nSPS) is 13.6. The van der Waals surface area contributed by atoms with Gasteiger partial charge in [0.2, 0.25) is 0 Å². The van der Waals surface area contributed by atoms with Gasteiger partial charge in [-0.15, -0.1) is 0 Å². The maximum Gasteiger partial charge on any atom is 0.151 e. The van der Waals surface area contributed by atoms with E-state index in [2.05, 4.69) is 30.9 Å². The Kier molecular flexibility index (Phi) is 3.63. The topological polar surface area (TPSA) is 56.7 Å². The van der Waals surface area contributed by atoms with Crippen LogP contribution in [0.5, 0.6) is 0 Å². The summed E-state index contributed by atoms with van der Waals surface area (Å²) in [6, 6.07) is -0.0156. The minimum absolute atomic E-state index is 0.0156. The van der Waals surface area contributed by atoms with Crippen LogP contribution in [0.2, 0.25) is 0 Å². The minimum atomic E-state index is -0.0156. The summed E-state index contributed by atoms with van der Waals surface area (Å²) in [7, 11) is 1.91. The van der Waals surface area contributed by atoms with E-state index in [9.17, 15) is 0 Å². The third-order valence-corrected chi connectivity index (χ3v) is 2.33. The first-order chi connectivity index (χ1) is 6.56. The molecule has 0 radical (unpaired) electrons. The second kappa shape index (κ2) is 4.55. The van der Waals surface area contributed by atoms with Crippen molar-refractivity contribution in [2.45, 2.75) is 39.7 Å². The Bertz CT molecular complexity index is 290. The Morgan fingerprint density at radius 3 is 2.57 bits per heavy atom. The van der Waals surface area contributed by atoms with Crippen LogP contribution in [0.4, 0.5) is 0 Å². The van der Waals surface area contributed by atoms with Crippen molar-refractivity contribution in [3.8, 4) is 0 Å². The van der Waals surface area contributed by atoms with Gasteiger partial charge in [-0.05, 0) is 12.3 Å². The van der Waals surface area contributed by atoms with Crippen LogP contribution < -0.4 is 5.73 Å². The van der Waals surface area contributed by atoms with Gasteiger partial charge < -0.3 is 5.73 Å². The van der Waals surface area contributed by atoms with E-state index in [0.29, 0.717) is 5.92 Å². The number of hydrogen-bond donors (Lipinski definition) is 1. The predicted octanol–water partition coefficient (Wildman–Crippen LogP) is 1.42. The zero-order valence-electron chi connectivity index (χ0n) is 9.49. The molecule has 0 fully saturated rings. The fourth-order valence-electron chi connectivity index (χ4n) is 1.37. The Morgan fingerprint density at radius 1 is 1.43 bits per heavy atom. The van der Waals surface area contributed by atoms with Crippen LogP contribution in [-0.4, -0.2) is 14.8 Å². The molecule has 0 aliphatic heterocycles. The smallest absolute Gasteiger partial charge is 0.151 e. The summed E-state index contributed by atoms with van der Waals surface area (Å²) in [6.07, 6.45) is 2.00. The number of nitrogens with zero attached hydrogens (tertiary/aromatic N) is 3. The fraction of sp³-hybridized carbons (Fsp3) is 0.800. The molecule has 0 bridgehead atoms. The van der Waals surface area contributed by atoms with Gasteiger partial charge in [0, 0.05) is 13.5 Å². The first-order valence-corrected chi connectivity index (χ1v) is 5.21. The number of aromatic nitrogens is 3. The largest absolute Gasteiger partial charge is 0.321 e. The van der Waals surface area contributed by atoms with E-state index < -0.39 is 0 Å². The standard InChI is InChI=1S/C10H20N4/c1-5-6-8-12-10(14(4)13-8)9(11)7(2)3/h7,9H,5-6,11H2,1-4H3. The average molecular weight is 196 g/mol. The quantitative estimate of drug-likeness (QED) is 0.792. The van der Waals surface area contributed by atoms with Crippen molar-refractivity contribution in [1.29, 1.82) is 0 Å². The number of aryl methyl sites for hydroxylation is 2. The third kappa shape index (κ3) is 2.32. The van der Waals surface area contributed by atoms with E-state index >= 15 is 0 Å². The van der Waals surface area contributed by atoms with Crippen molar-refractivity contribution in [2.24, 2.45) is 18.7 Å². The Labute approximate surface area is 85.5 Å². The van der Waals surface area contributed by atoms with Gasteiger partial charge in [-0.25, -0.2) is 4.98 Å². The lowest BCUT2D eigenvalue weighted by Crippen LogP contribution is -2.20. The fourth-order valence-corrected chi connectivity index (χ4v) is 1.37. The van der Waals surface area contributed by atoms with E-state index in [1.54, 1.807) is 4.68 Å². The van der Waals surface area contributed by atoms with Crippen LogP contribution in [0.1, 0.15) is 44.9 Å². The first-order valence-electron chi connectivity index (χ1n) is 5.21. The molecule has 0 saturated heterocycles. The third-order valence-electron chi connectivity index (χ3n) is 2.33. The predicted molar refractivity (Wildman–Crippen MR) is 56.8 cm³/mol. The molecule has 1 aromatic rings. The second-order valence-corrected chi connectivity index (χ2v) is 4.03. The molecule has 1 heterocycles. The maximum atomic E-state index is 6.02. The van der Waals surface area contributed by atoms with Gasteiger partial charge in [0.1, 0.15) is 5.82 Å². The summed E-state index contributed by atoms with van der Waals surface area (Å²) in [6.45, 7) is 6.32. The molecule has 2 N–H and O–H groups in total. The van der Waals surface area contributed by atoms with Crippen molar-refractivity contribution >= 4 is 0 Å². The highest BCUT2D eigenvalue weighted by atomic mass is 15.3. The monoisotopic (exact) mass is 196 g/mol. The van der Waals surface area contributed by atoms with Gasteiger partial charge >= 0.3 is 0 Å². The van der Waals surface area contributed by atoms with Crippen molar-refractivity contribution in [3.05, 3.63) is 11.6 Å². The van der Waals surface area contributed by atoms with Gasteiger partial charge in [-0.1, -0.05) is 20.8 Å². The van der Waals surface area contributed by atoms with Crippen LogP contribution in [0.25, 0.3) is 0 Å². The summed E-state index contributed by atoms with van der Waals surface area (Å²) in [5, 5.41) is 4.33. The van der Waals surface area contributed by atoms with E-state index in [1.165, 1.54) is 0 Å². The lowest BCUT2D eigenvalue weighted by atomic mass is 10.1. The molecule has 1 unspecified atom stereocenters. The van der Waals surface area contributed by atoms with E-state index in [4.69, 9.17) is 5.73 Å². The molecular weight excluding hydrogens is 176 g/mol. The van der Waals surface area contributed by atoms with Gasteiger partial charge in [0.25, 0.3) is 0 Å². The van der Waals surface area contributed by atoms with Gasteiger partial charge in [0.05, 0.1) is 6.04 Å². The van der Waals surface area contributed by atoms with Crippen LogP contribution in [0.15, 0.2) is 0 Å². The summed E-state index contributed by atoms with van der Waals surface area (Å²) < 4.78 is 1.80. The number of hydrogen-bond acceptors (Lipinski definition) is 3.